The van der Waals surface area contributed by atoms with E-state index in [-0.39, 0.29) is 29.9 Å². The molecule has 0 bridgehead atoms. The molecule has 0 radical (unpaired) electrons. The van der Waals surface area contributed by atoms with Gasteiger partial charge in [-0.2, -0.15) is 0 Å². The van der Waals surface area contributed by atoms with Crippen LogP contribution in [0.25, 0.3) is 0 Å². The van der Waals surface area contributed by atoms with Crippen LogP contribution < -0.4 is 16.6 Å². The molecule has 4 N–H and O–H groups in total. The Balaban J connectivity index is 0.00000192. The third kappa shape index (κ3) is 3.76. The van der Waals surface area contributed by atoms with E-state index in [2.05, 4.69) is 26.2 Å². The fourth-order valence-corrected chi connectivity index (χ4v) is 3.17. The molecule has 1 unspecified atom stereocenters. The lowest BCUT2D eigenvalue weighted by molar-refractivity contribution is 0.0932. The van der Waals surface area contributed by atoms with Crippen molar-refractivity contribution in [1.29, 1.82) is 0 Å². The van der Waals surface area contributed by atoms with Gasteiger partial charge in [-0.15, -0.1) is 12.4 Å². The monoisotopic (exact) mass is 397 g/mol. The predicted molar refractivity (Wildman–Crippen MR) is 96.0 cm³/mol. The number of carbonyl (C=O) groups excluding carboxylic acids is 1. The van der Waals surface area contributed by atoms with Gasteiger partial charge in [0.1, 0.15) is 0 Å². The first kappa shape index (κ1) is 17.6. The van der Waals surface area contributed by atoms with Gasteiger partial charge in [0.2, 0.25) is 0 Å². The van der Waals surface area contributed by atoms with Crippen LogP contribution in [-0.2, 0) is 6.42 Å². The van der Waals surface area contributed by atoms with Gasteiger partial charge in [0.05, 0.1) is 16.1 Å². The molecule has 0 aliphatic heterocycles. The fourth-order valence-electron chi connectivity index (χ4n) is 2.81. The molecule has 7 heteroatoms. The van der Waals surface area contributed by atoms with Crippen LogP contribution in [0, 0.1) is 0 Å². The maximum absolute atomic E-state index is 12.4. The Bertz CT molecular complexity index is 791. The summed E-state index contributed by atoms with van der Waals surface area (Å²) < 4.78 is 0.344. The zero-order chi connectivity index (χ0) is 15.7. The summed E-state index contributed by atoms with van der Waals surface area (Å²) in [6.45, 7) is 0. The van der Waals surface area contributed by atoms with Gasteiger partial charge in [-0.25, -0.2) is 0 Å². The molecule has 1 atom stereocenters. The summed E-state index contributed by atoms with van der Waals surface area (Å²) >= 11 is 3.14. The summed E-state index contributed by atoms with van der Waals surface area (Å²) in [5.74, 6) is -0.202. The molecular formula is C16H17BrClN3O2. The van der Waals surface area contributed by atoms with Crippen molar-refractivity contribution in [3.05, 3.63) is 62.0 Å². The quantitative estimate of drug-likeness (QED) is 0.680. The SMILES string of the molecule is Cl.Nc1ccc2c(c1)CCCC2NC(=O)c1c[nH]c(=O)c(Br)c1. The zero-order valence-corrected chi connectivity index (χ0v) is 14.7. The molecule has 0 fully saturated rings. The van der Waals surface area contributed by atoms with Crippen molar-refractivity contribution in [2.24, 2.45) is 0 Å². The van der Waals surface area contributed by atoms with Crippen LogP contribution in [0.5, 0.6) is 0 Å². The number of benzene rings is 1. The van der Waals surface area contributed by atoms with E-state index in [0.717, 1.165) is 30.5 Å². The van der Waals surface area contributed by atoms with Crippen molar-refractivity contribution >= 4 is 39.9 Å². The number of carbonyl (C=O) groups is 1. The standard InChI is InChI=1S/C16H16BrN3O2.ClH/c17-13-7-10(8-19-16(13)22)15(21)20-14-3-1-2-9-6-11(18)4-5-12(9)14;/h4-8,14H,1-3,18H2,(H,19,22)(H,20,21);1H. The number of anilines is 1. The summed E-state index contributed by atoms with van der Waals surface area (Å²) in [5, 5.41) is 3.03. The average molecular weight is 399 g/mol. The number of hydrogen-bond donors (Lipinski definition) is 3. The van der Waals surface area contributed by atoms with Crippen LogP contribution in [0.15, 0.2) is 39.7 Å². The van der Waals surface area contributed by atoms with Gasteiger partial charge in [-0.05, 0) is 64.5 Å². The van der Waals surface area contributed by atoms with Gasteiger partial charge < -0.3 is 16.0 Å². The van der Waals surface area contributed by atoms with Crippen molar-refractivity contribution in [2.45, 2.75) is 25.3 Å². The number of nitrogens with one attached hydrogen (secondary N) is 2. The van der Waals surface area contributed by atoms with Crippen molar-refractivity contribution in [2.75, 3.05) is 5.73 Å². The van der Waals surface area contributed by atoms with E-state index in [4.69, 9.17) is 5.73 Å². The van der Waals surface area contributed by atoms with Gasteiger partial charge in [0.25, 0.3) is 11.5 Å². The van der Waals surface area contributed by atoms with Crippen LogP contribution in [0.3, 0.4) is 0 Å². The second-order valence-electron chi connectivity index (χ2n) is 5.44. The Hall–Kier alpha value is -1.79. The number of amides is 1. The van der Waals surface area contributed by atoms with Crippen LogP contribution in [0.2, 0.25) is 0 Å². The lowest BCUT2D eigenvalue weighted by atomic mass is 9.87. The number of pyridine rings is 1. The van der Waals surface area contributed by atoms with E-state index >= 15 is 0 Å². The van der Waals surface area contributed by atoms with Crippen LogP contribution in [0.1, 0.15) is 40.4 Å². The summed E-state index contributed by atoms with van der Waals surface area (Å²) in [6, 6.07) is 7.32. The number of fused-ring (bicyclic) bond motifs is 1. The molecule has 1 aliphatic rings. The van der Waals surface area contributed by atoms with Crippen molar-refractivity contribution in [3.8, 4) is 0 Å². The minimum absolute atomic E-state index is 0. The Labute approximate surface area is 148 Å². The zero-order valence-electron chi connectivity index (χ0n) is 12.3. The van der Waals surface area contributed by atoms with E-state index in [9.17, 15) is 9.59 Å². The highest BCUT2D eigenvalue weighted by molar-refractivity contribution is 9.10. The molecule has 1 aliphatic carbocycles. The van der Waals surface area contributed by atoms with Gasteiger partial charge in [0.15, 0.2) is 0 Å². The molecule has 0 saturated carbocycles. The molecule has 2 aromatic rings. The summed E-state index contributed by atoms with van der Waals surface area (Å²) in [4.78, 5) is 26.2. The highest BCUT2D eigenvalue weighted by Gasteiger charge is 2.22. The molecule has 1 aromatic carbocycles. The summed E-state index contributed by atoms with van der Waals surface area (Å²) in [7, 11) is 0. The van der Waals surface area contributed by atoms with E-state index in [1.54, 1.807) is 0 Å². The Morgan fingerprint density at radius 3 is 2.87 bits per heavy atom. The number of nitrogen functional groups attached to an aromatic ring is 1. The minimum atomic E-state index is -0.255. The van der Waals surface area contributed by atoms with E-state index in [1.807, 2.05) is 18.2 Å². The molecule has 0 spiro atoms. The third-order valence-electron chi connectivity index (χ3n) is 3.91. The second kappa shape index (κ2) is 7.19. The number of aromatic nitrogens is 1. The maximum Gasteiger partial charge on any atom is 0.262 e. The molecule has 122 valence electrons. The molecule has 1 heterocycles. The predicted octanol–water partition coefficient (Wildman–Crippen LogP) is 2.95. The van der Waals surface area contributed by atoms with E-state index < -0.39 is 0 Å². The van der Waals surface area contributed by atoms with E-state index in [1.165, 1.54) is 17.8 Å². The van der Waals surface area contributed by atoms with Crippen molar-refractivity contribution in [1.82, 2.24) is 10.3 Å². The number of hydrogen-bond acceptors (Lipinski definition) is 3. The van der Waals surface area contributed by atoms with Gasteiger partial charge in [-0.1, -0.05) is 6.07 Å². The smallest absolute Gasteiger partial charge is 0.262 e. The molecule has 5 nitrogen and oxygen atoms in total. The van der Waals surface area contributed by atoms with Gasteiger partial charge in [0, 0.05) is 11.9 Å². The van der Waals surface area contributed by atoms with Gasteiger partial charge in [-0.3, -0.25) is 9.59 Å². The summed E-state index contributed by atoms with van der Waals surface area (Å²) in [6.07, 6.45) is 4.32. The number of nitrogens with two attached hydrogens (primary N) is 1. The number of aromatic amines is 1. The van der Waals surface area contributed by atoms with Crippen molar-refractivity contribution < 1.29 is 4.79 Å². The maximum atomic E-state index is 12.4. The van der Waals surface area contributed by atoms with Crippen LogP contribution in [0.4, 0.5) is 5.69 Å². The first-order chi connectivity index (χ1) is 10.5. The highest BCUT2D eigenvalue weighted by Crippen LogP contribution is 2.31. The molecule has 3 rings (SSSR count). The number of aryl methyl sites for hydroxylation is 1. The Morgan fingerprint density at radius 1 is 1.35 bits per heavy atom. The summed E-state index contributed by atoms with van der Waals surface area (Å²) in [5.41, 5.74) is 9.06. The minimum Gasteiger partial charge on any atom is -0.399 e. The molecule has 23 heavy (non-hydrogen) atoms. The van der Waals surface area contributed by atoms with Crippen molar-refractivity contribution in [3.63, 3.8) is 0 Å². The topological polar surface area (TPSA) is 88.0 Å². The number of H-pyrrole nitrogens is 1. The highest BCUT2D eigenvalue weighted by atomic mass is 79.9. The Morgan fingerprint density at radius 2 is 2.13 bits per heavy atom. The van der Waals surface area contributed by atoms with E-state index in [0.29, 0.717) is 10.0 Å². The second-order valence-corrected chi connectivity index (χ2v) is 6.30. The van der Waals surface area contributed by atoms with Gasteiger partial charge >= 0.3 is 0 Å². The lowest BCUT2D eigenvalue weighted by Crippen LogP contribution is -2.31. The first-order valence-corrected chi connectivity index (χ1v) is 7.91. The van der Waals surface area contributed by atoms with Crippen LogP contribution in [-0.4, -0.2) is 10.9 Å². The molecular weight excluding hydrogens is 382 g/mol. The molecule has 0 saturated heterocycles. The molecule has 1 aromatic heterocycles. The number of rotatable bonds is 2. The molecule has 1 amide bonds. The normalized spacial score (nSPS) is 16.1. The first-order valence-electron chi connectivity index (χ1n) is 7.12. The third-order valence-corrected chi connectivity index (χ3v) is 4.50. The largest absolute Gasteiger partial charge is 0.399 e. The average Bonchev–Trinajstić information content (AvgIpc) is 2.50. The Kier molecular flexibility index (Phi) is 5.49. The lowest BCUT2D eigenvalue weighted by Gasteiger charge is -2.26. The fraction of sp³-hybridized carbons (Fsp3) is 0.250. The number of halogens is 2. The van der Waals surface area contributed by atoms with Crippen LogP contribution >= 0.6 is 28.3 Å².